The molecule has 2 aromatic heterocycles. The van der Waals surface area contributed by atoms with E-state index in [1.165, 1.54) is 66.3 Å². The maximum atomic E-state index is 6.05. The van der Waals surface area contributed by atoms with Gasteiger partial charge < -0.3 is 8.98 Å². The van der Waals surface area contributed by atoms with Crippen LogP contribution in [0.4, 0.5) is 0 Å². The number of nitrogens with zero attached hydrogens (tertiary/aromatic N) is 1. The summed E-state index contributed by atoms with van der Waals surface area (Å²) in [5, 5.41) is 4.80. The van der Waals surface area contributed by atoms with Crippen LogP contribution in [0.25, 0.3) is 93.9 Å². The van der Waals surface area contributed by atoms with E-state index in [0.29, 0.717) is 0 Å². The molecule has 0 aliphatic carbocycles. The minimum Gasteiger partial charge on any atom is -0.456 e. The van der Waals surface area contributed by atoms with Gasteiger partial charge in [-0.15, -0.1) is 0 Å². The Morgan fingerprint density at radius 3 is 1.26 bits per heavy atom. The van der Waals surface area contributed by atoms with E-state index in [4.69, 9.17) is 4.42 Å². The molecule has 10 aromatic rings. The molecular weight excluding hydrogens is 607 g/mol. The lowest BCUT2D eigenvalue weighted by Gasteiger charge is -2.11. The molecule has 0 atom stereocenters. The van der Waals surface area contributed by atoms with Gasteiger partial charge in [-0.3, -0.25) is 0 Å². The quantitative estimate of drug-likeness (QED) is 0.184. The molecule has 0 spiro atoms. The lowest BCUT2D eigenvalue weighted by molar-refractivity contribution is 0.669. The van der Waals surface area contributed by atoms with Crippen LogP contribution in [0.2, 0.25) is 0 Å². The minimum atomic E-state index is 0.920. The Morgan fingerprint density at radius 2 is 0.680 bits per heavy atom. The molecule has 0 amide bonds. The second-order valence-electron chi connectivity index (χ2n) is 13.0. The highest BCUT2D eigenvalue weighted by Gasteiger charge is 2.15. The lowest BCUT2D eigenvalue weighted by atomic mass is 9.99. The Bertz CT molecular complexity index is 2730. The summed E-state index contributed by atoms with van der Waals surface area (Å²) in [4.78, 5) is 0. The molecule has 2 nitrogen and oxygen atoms in total. The van der Waals surface area contributed by atoms with Crippen LogP contribution >= 0.6 is 0 Å². The van der Waals surface area contributed by atoms with Gasteiger partial charge in [-0.2, -0.15) is 0 Å². The van der Waals surface area contributed by atoms with Crippen molar-refractivity contribution in [3.8, 4) is 50.2 Å². The van der Waals surface area contributed by atoms with Gasteiger partial charge in [0.1, 0.15) is 11.2 Å². The number of para-hydroxylation sites is 1. The fourth-order valence-electron chi connectivity index (χ4n) is 7.49. The van der Waals surface area contributed by atoms with E-state index in [0.717, 1.165) is 27.6 Å². The molecule has 0 N–H and O–H groups in total. The summed E-state index contributed by atoms with van der Waals surface area (Å²) < 4.78 is 8.45. The fourth-order valence-corrected chi connectivity index (χ4v) is 7.49. The standard InChI is InChI=1S/C48H31NO/c1-3-9-32(10-4-1)37-21-26-45-42(29-37)43-30-38(33-11-5-2-6-12-33)22-27-46(43)49(45)40-24-19-35(20-25-40)34-15-17-36(18-16-34)39-23-28-48-44(31-39)41-13-7-8-14-47(41)50-48/h1-31H. The van der Waals surface area contributed by atoms with Crippen LogP contribution in [0.5, 0.6) is 0 Å². The van der Waals surface area contributed by atoms with Crippen molar-refractivity contribution in [2.45, 2.75) is 0 Å². The molecule has 2 heterocycles. The van der Waals surface area contributed by atoms with Crippen molar-refractivity contribution in [3.63, 3.8) is 0 Å². The van der Waals surface area contributed by atoms with Crippen molar-refractivity contribution in [3.05, 3.63) is 188 Å². The van der Waals surface area contributed by atoms with Gasteiger partial charge in [0.25, 0.3) is 0 Å². The third-order valence-corrected chi connectivity index (χ3v) is 10.0. The minimum absolute atomic E-state index is 0.920. The molecule has 0 unspecified atom stereocenters. The molecule has 8 aromatic carbocycles. The molecule has 2 heteroatoms. The van der Waals surface area contributed by atoms with Gasteiger partial charge in [-0.1, -0.05) is 133 Å². The Kier molecular flexibility index (Phi) is 6.53. The predicted octanol–water partition coefficient (Wildman–Crippen LogP) is 13.4. The summed E-state index contributed by atoms with van der Waals surface area (Å²) in [6, 6.07) is 67.6. The second kappa shape index (κ2) is 11.5. The topological polar surface area (TPSA) is 18.1 Å². The molecule has 0 aliphatic rings. The number of benzene rings is 8. The summed E-state index contributed by atoms with van der Waals surface area (Å²) >= 11 is 0. The van der Waals surface area contributed by atoms with E-state index >= 15 is 0 Å². The molecule has 10 rings (SSSR count). The molecule has 0 saturated carbocycles. The lowest BCUT2D eigenvalue weighted by Crippen LogP contribution is -1.94. The van der Waals surface area contributed by atoms with Gasteiger partial charge in [0.15, 0.2) is 0 Å². The average Bonchev–Trinajstić information content (AvgIpc) is 3.73. The van der Waals surface area contributed by atoms with Crippen molar-refractivity contribution < 1.29 is 4.42 Å². The fraction of sp³-hybridized carbons (Fsp3) is 0. The predicted molar refractivity (Wildman–Crippen MR) is 210 cm³/mol. The average molecular weight is 638 g/mol. The van der Waals surface area contributed by atoms with Crippen LogP contribution in [0, 0.1) is 0 Å². The van der Waals surface area contributed by atoms with Crippen LogP contribution in [0.3, 0.4) is 0 Å². The van der Waals surface area contributed by atoms with Crippen molar-refractivity contribution >= 4 is 43.7 Å². The Balaban J connectivity index is 1.03. The summed E-state index contributed by atoms with van der Waals surface area (Å²) in [6.45, 7) is 0. The van der Waals surface area contributed by atoms with E-state index < -0.39 is 0 Å². The number of fused-ring (bicyclic) bond motifs is 6. The molecular formula is C48H31NO. The number of aromatic nitrogens is 1. The largest absolute Gasteiger partial charge is 0.456 e. The number of furan rings is 1. The number of hydrogen-bond donors (Lipinski definition) is 0. The van der Waals surface area contributed by atoms with Gasteiger partial charge in [-0.25, -0.2) is 0 Å². The first-order valence-electron chi connectivity index (χ1n) is 17.1. The zero-order chi connectivity index (χ0) is 33.0. The zero-order valence-corrected chi connectivity index (χ0v) is 27.3. The first kappa shape index (κ1) is 28.4. The first-order chi connectivity index (χ1) is 24.8. The van der Waals surface area contributed by atoms with Gasteiger partial charge in [0.05, 0.1) is 11.0 Å². The first-order valence-corrected chi connectivity index (χ1v) is 17.1. The van der Waals surface area contributed by atoms with E-state index in [-0.39, 0.29) is 0 Å². The molecule has 0 radical (unpaired) electrons. The van der Waals surface area contributed by atoms with Crippen LogP contribution in [0.1, 0.15) is 0 Å². The van der Waals surface area contributed by atoms with E-state index in [9.17, 15) is 0 Å². The molecule has 0 aliphatic heterocycles. The highest BCUT2D eigenvalue weighted by atomic mass is 16.3. The summed E-state index contributed by atoms with van der Waals surface area (Å²) in [5.74, 6) is 0. The second-order valence-corrected chi connectivity index (χ2v) is 13.0. The SMILES string of the molecule is c1ccc(-c2ccc3c(c2)c2cc(-c4ccccc4)ccc2n3-c2ccc(-c3ccc(-c4ccc5oc6ccccc6c5c4)cc3)cc2)cc1. The van der Waals surface area contributed by atoms with Crippen LogP contribution in [0.15, 0.2) is 192 Å². The van der Waals surface area contributed by atoms with Crippen molar-refractivity contribution in [2.75, 3.05) is 0 Å². The number of rotatable bonds is 5. The van der Waals surface area contributed by atoms with Gasteiger partial charge in [0.2, 0.25) is 0 Å². The highest BCUT2D eigenvalue weighted by Crippen LogP contribution is 2.38. The third kappa shape index (κ3) is 4.73. The third-order valence-electron chi connectivity index (χ3n) is 10.0. The Hall–Kier alpha value is -6.64. The highest BCUT2D eigenvalue weighted by molar-refractivity contribution is 6.12. The summed E-state index contributed by atoms with van der Waals surface area (Å²) in [6.07, 6.45) is 0. The monoisotopic (exact) mass is 637 g/mol. The van der Waals surface area contributed by atoms with E-state index in [2.05, 4.69) is 180 Å². The Morgan fingerprint density at radius 1 is 0.280 bits per heavy atom. The van der Waals surface area contributed by atoms with Crippen molar-refractivity contribution in [2.24, 2.45) is 0 Å². The van der Waals surface area contributed by atoms with Gasteiger partial charge >= 0.3 is 0 Å². The van der Waals surface area contributed by atoms with E-state index in [1.54, 1.807) is 0 Å². The summed E-state index contributed by atoms with van der Waals surface area (Å²) in [7, 11) is 0. The van der Waals surface area contributed by atoms with Crippen LogP contribution < -0.4 is 0 Å². The molecule has 50 heavy (non-hydrogen) atoms. The van der Waals surface area contributed by atoms with Gasteiger partial charge in [-0.05, 0) is 99.1 Å². The molecule has 0 saturated heterocycles. The van der Waals surface area contributed by atoms with E-state index in [1.807, 2.05) is 12.1 Å². The smallest absolute Gasteiger partial charge is 0.135 e. The number of hydrogen-bond acceptors (Lipinski definition) is 1. The van der Waals surface area contributed by atoms with Crippen LogP contribution in [-0.4, -0.2) is 4.57 Å². The van der Waals surface area contributed by atoms with Crippen molar-refractivity contribution in [1.29, 1.82) is 0 Å². The van der Waals surface area contributed by atoms with Gasteiger partial charge in [0, 0.05) is 27.2 Å². The molecule has 234 valence electrons. The summed E-state index contributed by atoms with van der Waals surface area (Å²) in [5.41, 5.74) is 15.0. The van der Waals surface area contributed by atoms with Crippen molar-refractivity contribution in [1.82, 2.24) is 4.57 Å². The normalized spacial score (nSPS) is 11.6. The zero-order valence-electron chi connectivity index (χ0n) is 27.3. The Labute approximate surface area is 290 Å². The van der Waals surface area contributed by atoms with Crippen LogP contribution in [-0.2, 0) is 0 Å². The maximum Gasteiger partial charge on any atom is 0.135 e. The maximum absolute atomic E-state index is 6.05. The molecule has 0 fully saturated rings. The molecule has 0 bridgehead atoms.